The Kier molecular flexibility index (Phi) is 5.83. The lowest BCUT2D eigenvalue weighted by Crippen LogP contribution is -2.42. The summed E-state index contributed by atoms with van der Waals surface area (Å²) in [6, 6.07) is 9.56. The number of carbonyl (C=O) groups is 1. The molecule has 9 heteroatoms. The van der Waals surface area contributed by atoms with Crippen LogP contribution in [-0.2, 0) is 44.5 Å². The van der Waals surface area contributed by atoms with Crippen LogP contribution in [0.1, 0.15) is 56.4 Å². The number of nitrogens with zero attached hydrogens (tertiary/aromatic N) is 3. The fourth-order valence-corrected chi connectivity index (χ4v) is 6.78. The Bertz CT molecular complexity index is 1570. The van der Waals surface area contributed by atoms with Gasteiger partial charge in [0.05, 0.1) is 40.7 Å². The van der Waals surface area contributed by atoms with Gasteiger partial charge in [-0.15, -0.1) is 0 Å². The molecule has 4 heterocycles. The Morgan fingerprint density at radius 3 is 2.58 bits per heavy atom. The second-order valence-corrected chi connectivity index (χ2v) is 12.2. The highest BCUT2D eigenvalue weighted by Crippen LogP contribution is 2.41. The number of sulfonamides is 1. The van der Waals surface area contributed by atoms with E-state index in [1.165, 1.54) is 10.6 Å². The van der Waals surface area contributed by atoms with Gasteiger partial charge in [0, 0.05) is 23.5 Å². The van der Waals surface area contributed by atoms with Gasteiger partial charge in [-0.1, -0.05) is 25.1 Å². The van der Waals surface area contributed by atoms with Crippen LogP contribution in [-0.4, -0.2) is 47.1 Å². The number of esters is 1. The number of para-hydroxylation sites is 1. The van der Waals surface area contributed by atoms with Crippen molar-refractivity contribution in [2.75, 3.05) is 12.8 Å². The number of aromatic nitrogens is 2. The van der Waals surface area contributed by atoms with Crippen molar-refractivity contribution in [2.45, 2.75) is 65.1 Å². The Morgan fingerprint density at radius 2 is 1.92 bits per heavy atom. The molecule has 0 N–H and O–H groups in total. The van der Waals surface area contributed by atoms with Crippen molar-refractivity contribution in [3.63, 3.8) is 0 Å². The van der Waals surface area contributed by atoms with Crippen LogP contribution in [0, 0.1) is 0 Å². The average Bonchev–Trinajstić information content (AvgIpc) is 3.19. The molecule has 8 nitrogen and oxygen atoms in total. The van der Waals surface area contributed by atoms with Gasteiger partial charge in [-0.3, -0.25) is 9.59 Å². The predicted molar refractivity (Wildman–Crippen MR) is 138 cm³/mol. The number of pyridine rings is 2. The molecule has 0 fully saturated rings. The average molecular weight is 510 g/mol. The van der Waals surface area contributed by atoms with Gasteiger partial charge in [0.1, 0.15) is 6.61 Å². The maximum absolute atomic E-state index is 13.6. The molecule has 0 saturated carbocycles. The summed E-state index contributed by atoms with van der Waals surface area (Å²) in [5, 5.41) is 0.955. The van der Waals surface area contributed by atoms with E-state index in [1.54, 1.807) is 4.57 Å². The molecule has 2 aliphatic rings. The van der Waals surface area contributed by atoms with Crippen LogP contribution in [0.3, 0.4) is 0 Å². The zero-order valence-corrected chi connectivity index (χ0v) is 22.1. The molecule has 2 aliphatic heterocycles. The summed E-state index contributed by atoms with van der Waals surface area (Å²) >= 11 is 0. The van der Waals surface area contributed by atoms with Crippen LogP contribution in [0.5, 0.6) is 0 Å². The van der Waals surface area contributed by atoms with E-state index in [0.717, 1.165) is 27.7 Å². The van der Waals surface area contributed by atoms with Crippen LogP contribution >= 0.6 is 0 Å². The molecule has 0 saturated heterocycles. The predicted octanol–water partition coefficient (Wildman–Crippen LogP) is 3.36. The smallest absolute Gasteiger partial charge is 0.316 e. The minimum atomic E-state index is -3.38. The summed E-state index contributed by atoms with van der Waals surface area (Å²) in [6.07, 6.45) is 2.24. The number of carbonyl (C=O) groups excluding carboxylic acids is 1. The minimum Gasteiger partial charge on any atom is -0.460 e. The van der Waals surface area contributed by atoms with Crippen LogP contribution in [0.2, 0.25) is 0 Å². The van der Waals surface area contributed by atoms with Gasteiger partial charge in [0.25, 0.3) is 5.56 Å². The lowest BCUT2D eigenvalue weighted by atomic mass is 9.76. The van der Waals surface area contributed by atoms with E-state index in [4.69, 9.17) is 9.72 Å². The molecule has 1 aromatic carbocycles. The van der Waals surface area contributed by atoms with Gasteiger partial charge in [0.15, 0.2) is 0 Å². The van der Waals surface area contributed by atoms with Crippen molar-refractivity contribution < 1.29 is 17.9 Å². The first kappa shape index (κ1) is 24.6. The Hall–Kier alpha value is -3.04. The van der Waals surface area contributed by atoms with E-state index in [0.29, 0.717) is 42.8 Å². The number of fused-ring (bicyclic) bond motifs is 5. The molecule has 36 heavy (non-hydrogen) atoms. The molecule has 0 unspecified atom stereocenters. The highest BCUT2D eigenvalue weighted by Gasteiger charge is 2.43. The zero-order valence-electron chi connectivity index (χ0n) is 21.3. The van der Waals surface area contributed by atoms with Crippen molar-refractivity contribution in [1.29, 1.82) is 0 Å². The summed E-state index contributed by atoms with van der Waals surface area (Å²) < 4.78 is 33.4. The molecule has 2 aromatic heterocycles. The van der Waals surface area contributed by atoms with Crippen LogP contribution in [0.25, 0.3) is 22.3 Å². The molecule has 1 atom stereocenters. The topological polar surface area (TPSA) is 98.6 Å². The fourth-order valence-electron chi connectivity index (χ4n) is 5.59. The maximum atomic E-state index is 13.6. The second-order valence-electron chi connectivity index (χ2n) is 10.2. The largest absolute Gasteiger partial charge is 0.460 e. The lowest BCUT2D eigenvalue weighted by Gasteiger charge is -2.33. The summed E-state index contributed by atoms with van der Waals surface area (Å²) in [5.74, 6) is -0.318. The highest BCUT2D eigenvalue weighted by molar-refractivity contribution is 7.88. The third kappa shape index (κ3) is 3.67. The van der Waals surface area contributed by atoms with Crippen LogP contribution in [0.15, 0.2) is 35.1 Å². The minimum absolute atomic E-state index is 0.0286. The van der Waals surface area contributed by atoms with E-state index in [-0.39, 0.29) is 24.2 Å². The summed E-state index contributed by atoms with van der Waals surface area (Å²) in [6.45, 7) is 8.12. The molecular formula is C27H31N3O5S. The van der Waals surface area contributed by atoms with Gasteiger partial charge in [0.2, 0.25) is 10.0 Å². The van der Waals surface area contributed by atoms with E-state index < -0.39 is 15.4 Å². The fraction of sp³-hybridized carbons (Fsp3) is 0.444. The SMILES string of the molecule is CC[C@@]1(C)C(=O)OCc2c1cc1n(c2=O)Cc2c-1nc1ccccc1c2CCN(C(C)C)S(C)(=O)=O. The summed E-state index contributed by atoms with van der Waals surface area (Å²) in [7, 11) is -3.38. The maximum Gasteiger partial charge on any atom is 0.316 e. The summed E-state index contributed by atoms with van der Waals surface area (Å²) in [5.41, 5.74) is 4.30. The third-order valence-corrected chi connectivity index (χ3v) is 9.21. The van der Waals surface area contributed by atoms with Crippen molar-refractivity contribution in [3.8, 4) is 11.4 Å². The number of rotatable bonds is 6. The quantitative estimate of drug-likeness (QED) is 0.370. The molecule has 3 aromatic rings. The van der Waals surface area contributed by atoms with Gasteiger partial charge in [-0.2, -0.15) is 4.31 Å². The number of benzene rings is 1. The van der Waals surface area contributed by atoms with E-state index in [9.17, 15) is 18.0 Å². The number of hydrogen-bond acceptors (Lipinski definition) is 6. The van der Waals surface area contributed by atoms with Gasteiger partial charge in [-0.25, -0.2) is 13.4 Å². The normalized spacial score (nSPS) is 18.9. The lowest BCUT2D eigenvalue weighted by molar-refractivity contribution is -0.153. The third-order valence-electron chi connectivity index (χ3n) is 7.75. The molecule has 0 aliphatic carbocycles. The first-order chi connectivity index (χ1) is 17.0. The first-order valence-corrected chi connectivity index (χ1v) is 14.1. The number of hydrogen-bond donors (Lipinski definition) is 0. The van der Waals surface area contributed by atoms with E-state index in [2.05, 4.69) is 0 Å². The molecule has 190 valence electrons. The molecule has 0 amide bonds. The standard InChI is InChI=1S/C27H31N3O5S/c1-6-27(4)21-13-23-24-19(14-29(23)25(31)20(21)15-35-26(27)32)17(18-9-7-8-10-22(18)28-24)11-12-30(16(2)3)36(5,33)34/h7-10,13,16H,6,11-12,14-15H2,1-5H3/t27-/m1/s1. The number of cyclic esters (lactones) is 1. The molecule has 5 rings (SSSR count). The number of ether oxygens (including phenoxy) is 1. The van der Waals surface area contributed by atoms with Gasteiger partial charge >= 0.3 is 5.97 Å². The monoisotopic (exact) mass is 509 g/mol. The van der Waals surface area contributed by atoms with Crippen molar-refractivity contribution in [1.82, 2.24) is 13.9 Å². The van der Waals surface area contributed by atoms with E-state index >= 15 is 0 Å². The molecule has 0 spiro atoms. The van der Waals surface area contributed by atoms with Crippen LogP contribution in [0.4, 0.5) is 0 Å². The first-order valence-electron chi connectivity index (χ1n) is 12.3. The second kappa shape index (κ2) is 8.52. The van der Waals surface area contributed by atoms with Gasteiger partial charge in [-0.05, 0) is 56.9 Å². The summed E-state index contributed by atoms with van der Waals surface area (Å²) in [4.78, 5) is 31.3. The Morgan fingerprint density at radius 1 is 1.19 bits per heavy atom. The molecule has 0 bridgehead atoms. The molecular weight excluding hydrogens is 478 g/mol. The highest BCUT2D eigenvalue weighted by atomic mass is 32.2. The van der Waals surface area contributed by atoms with E-state index in [1.807, 2.05) is 58.0 Å². The Balaban J connectivity index is 1.70. The van der Waals surface area contributed by atoms with Crippen molar-refractivity contribution in [3.05, 3.63) is 62.9 Å². The van der Waals surface area contributed by atoms with Crippen molar-refractivity contribution in [2.24, 2.45) is 0 Å². The Labute approximate surface area is 211 Å². The molecule has 0 radical (unpaired) electrons. The van der Waals surface area contributed by atoms with Gasteiger partial charge < -0.3 is 9.30 Å². The van der Waals surface area contributed by atoms with Crippen molar-refractivity contribution >= 4 is 26.9 Å². The van der Waals surface area contributed by atoms with Crippen LogP contribution < -0.4 is 5.56 Å². The zero-order chi connectivity index (χ0) is 26.0.